The third kappa shape index (κ3) is 4.36. The number of halogens is 1. The molecule has 0 saturated carbocycles. The summed E-state index contributed by atoms with van der Waals surface area (Å²) in [6.45, 7) is 5.33. The highest BCUT2D eigenvalue weighted by molar-refractivity contribution is 6.31. The lowest BCUT2D eigenvalue weighted by Crippen LogP contribution is -2.49. The second-order valence-electron chi connectivity index (χ2n) is 5.32. The lowest BCUT2D eigenvalue weighted by Gasteiger charge is -2.28. The lowest BCUT2D eigenvalue weighted by molar-refractivity contribution is -0.140. The fourth-order valence-electron chi connectivity index (χ4n) is 1.95. The van der Waals surface area contributed by atoms with Crippen molar-refractivity contribution in [2.24, 2.45) is 5.92 Å². The number of amides is 2. The normalized spacial score (nSPS) is 13.6. The van der Waals surface area contributed by atoms with E-state index >= 15 is 0 Å². The number of hydrogen-bond donors (Lipinski definition) is 2. The number of benzene rings is 1. The number of nitrogens with one attached hydrogen (secondary N) is 1. The van der Waals surface area contributed by atoms with E-state index in [4.69, 9.17) is 16.7 Å². The predicted octanol–water partition coefficient (Wildman–Crippen LogP) is 3.15. The minimum Gasteiger partial charge on any atom is -0.480 e. The molecule has 0 aromatic heterocycles. The molecule has 1 aromatic carbocycles. The van der Waals surface area contributed by atoms with Gasteiger partial charge in [0.2, 0.25) is 0 Å². The number of aliphatic carboxylic acids is 1. The molecule has 2 unspecified atom stereocenters. The van der Waals surface area contributed by atoms with Crippen molar-refractivity contribution < 1.29 is 14.7 Å². The van der Waals surface area contributed by atoms with Crippen LogP contribution >= 0.6 is 11.6 Å². The fraction of sp³-hybridized carbons (Fsp3) is 0.467. The van der Waals surface area contributed by atoms with Crippen LogP contribution in [-0.4, -0.2) is 35.1 Å². The molecule has 0 saturated heterocycles. The Bertz CT molecular complexity index is 519. The smallest absolute Gasteiger partial charge is 0.326 e. The van der Waals surface area contributed by atoms with E-state index in [2.05, 4.69) is 5.32 Å². The summed E-state index contributed by atoms with van der Waals surface area (Å²) in [4.78, 5) is 24.8. The topological polar surface area (TPSA) is 69.6 Å². The number of carboxylic acid groups (broad SMARTS) is 1. The first-order valence-electron chi connectivity index (χ1n) is 6.76. The van der Waals surface area contributed by atoms with E-state index in [0.717, 1.165) is 5.56 Å². The number of hydrogen-bond acceptors (Lipinski definition) is 2. The summed E-state index contributed by atoms with van der Waals surface area (Å²) >= 11 is 6.12. The summed E-state index contributed by atoms with van der Waals surface area (Å²) in [5.74, 6) is -1.24. The van der Waals surface area contributed by atoms with Crippen LogP contribution < -0.4 is 5.32 Å². The maximum Gasteiger partial charge on any atom is 0.326 e. The standard InChI is InChI=1S/C15H21ClN2O3/c1-9(2)13(14(19)20)17-15(21)18(4)10(3)11-7-5-6-8-12(11)16/h5-10,13H,1-4H3,(H,17,21)(H,19,20). The molecular formula is C15H21ClN2O3. The molecule has 1 rings (SSSR count). The Labute approximate surface area is 129 Å². The summed E-state index contributed by atoms with van der Waals surface area (Å²) in [6, 6.07) is 5.64. The zero-order valence-corrected chi connectivity index (χ0v) is 13.4. The molecule has 0 fully saturated rings. The number of carboxylic acids is 1. The van der Waals surface area contributed by atoms with Crippen LogP contribution in [0.2, 0.25) is 5.02 Å². The first-order valence-corrected chi connectivity index (χ1v) is 7.14. The summed E-state index contributed by atoms with van der Waals surface area (Å²) < 4.78 is 0. The van der Waals surface area contributed by atoms with Gasteiger partial charge in [-0.05, 0) is 24.5 Å². The molecule has 0 spiro atoms. The van der Waals surface area contributed by atoms with E-state index in [-0.39, 0.29) is 12.0 Å². The van der Waals surface area contributed by atoms with E-state index in [1.54, 1.807) is 27.0 Å². The Morgan fingerprint density at radius 3 is 2.29 bits per heavy atom. The van der Waals surface area contributed by atoms with Gasteiger partial charge in [0.1, 0.15) is 6.04 Å². The van der Waals surface area contributed by atoms with Gasteiger partial charge in [0.15, 0.2) is 0 Å². The van der Waals surface area contributed by atoms with Crippen LogP contribution in [0.25, 0.3) is 0 Å². The summed E-state index contributed by atoms with van der Waals surface area (Å²) in [5, 5.41) is 12.2. The van der Waals surface area contributed by atoms with Gasteiger partial charge in [0.25, 0.3) is 0 Å². The molecule has 0 aliphatic carbocycles. The maximum atomic E-state index is 12.2. The Hall–Kier alpha value is -1.75. The van der Waals surface area contributed by atoms with Crippen LogP contribution in [0.1, 0.15) is 32.4 Å². The fourth-order valence-corrected chi connectivity index (χ4v) is 2.24. The average molecular weight is 313 g/mol. The molecule has 21 heavy (non-hydrogen) atoms. The molecule has 2 amide bonds. The summed E-state index contributed by atoms with van der Waals surface area (Å²) in [6.07, 6.45) is 0. The van der Waals surface area contributed by atoms with Crippen molar-refractivity contribution in [2.45, 2.75) is 32.9 Å². The van der Waals surface area contributed by atoms with Crippen LogP contribution in [0.4, 0.5) is 4.79 Å². The molecule has 5 nitrogen and oxygen atoms in total. The Kier molecular flexibility index (Phi) is 6.03. The third-order valence-corrected chi connectivity index (χ3v) is 3.81. The maximum absolute atomic E-state index is 12.2. The van der Waals surface area contributed by atoms with E-state index in [1.807, 2.05) is 25.1 Å². The van der Waals surface area contributed by atoms with Crippen LogP contribution in [0.5, 0.6) is 0 Å². The van der Waals surface area contributed by atoms with Crippen molar-refractivity contribution in [3.8, 4) is 0 Å². The highest BCUT2D eigenvalue weighted by Crippen LogP contribution is 2.26. The molecule has 0 heterocycles. The SMILES string of the molecule is CC(C)C(NC(=O)N(C)C(C)c1ccccc1Cl)C(=O)O. The van der Waals surface area contributed by atoms with Gasteiger partial charge in [0, 0.05) is 12.1 Å². The number of carbonyl (C=O) groups is 2. The van der Waals surface area contributed by atoms with E-state index in [1.165, 1.54) is 4.90 Å². The van der Waals surface area contributed by atoms with Crippen molar-refractivity contribution in [3.05, 3.63) is 34.9 Å². The molecule has 116 valence electrons. The van der Waals surface area contributed by atoms with Crippen molar-refractivity contribution in [1.82, 2.24) is 10.2 Å². The minimum absolute atomic E-state index is 0.199. The van der Waals surface area contributed by atoms with Crippen molar-refractivity contribution in [2.75, 3.05) is 7.05 Å². The van der Waals surface area contributed by atoms with Gasteiger partial charge in [0.05, 0.1) is 6.04 Å². The molecule has 0 bridgehead atoms. The lowest BCUT2D eigenvalue weighted by atomic mass is 10.0. The molecule has 0 radical (unpaired) electrons. The highest BCUT2D eigenvalue weighted by atomic mass is 35.5. The van der Waals surface area contributed by atoms with Crippen LogP contribution in [0.3, 0.4) is 0 Å². The summed E-state index contributed by atoms with van der Waals surface area (Å²) in [7, 11) is 1.61. The van der Waals surface area contributed by atoms with Gasteiger partial charge in [-0.25, -0.2) is 9.59 Å². The quantitative estimate of drug-likeness (QED) is 0.877. The van der Waals surface area contributed by atoms with E-state index in [0.29, 0.717) is 5.02 Å². The van der Waals surface area contributed by atoms with Crippen LogP contribution in [0.15, 0.2) is 24.3 Å². The molecule has 2 atom stereocenters. The molecule has 0 aliphatic heterocycles. The first kappa shape index (κ1) is 17.3. The minimum atomic E-state index is -1.04. The predicted molar refractivity (Wildman–Crippen MR) is 82.4 cm³/mol. The van der Waals surface area contributed by atoms with Gasteiger partial charge in [-0.2, -0.15) is 0 Å². The number of nitrogens with zero attached hydrogens (tertiary/aromatic N) is 1. The van der Waals surface area contributed by atoms with Gasteiger partial charge >= 0.3 is 12.0 Å². The molecule has 2 N–H and O–H groups in total. The van der Waals surface area contributed by atoms with Gasteiger partial charge < -0.3 is 15.3 Å². The molecule has 1 aromatic rings. The highest BCUT2D eigenvalue weighted by Gasteiger charge is 2.27. The Balaban J connectivity index is 2.83. The monoisotopic (exact) mass is 312 g/mol. The number of urea groups is 1. The summed E-state index contributed by atoms with van der Waals surface area (Å²) in [5.41, 5.74) is 0.813. The third-order valence-electron chi connectivity index (χ3n) is 3.47. The van der Waals surface area contributed by atoms with Crippen LogP contribution in [-0.2, 0) is 4.79 Å². The zero-order chi connectivity index (χ0) is 16.2. The molecule has 0 aliphatic rings. The first-order chi connectivity index (χ1) is 9.75. The average Bonchev–Trinajstić information content (AvgIpc) is 2.42. The van der Waals surface area contributed by atoms with Crippen molar-refractivity contribution in [3.63, 3.8) is 0 Å². The zero-order valence-electron chi connectivity index (χ0n) is 12.6. The Morgan fingerprint density at radius 1 is 1.24 bits per heavy atom. The van der Waals surface area contributed by atoms with Crippen LogP contribution in [0, 0.1) is 5.92 Å². The largest absolute Gasteiger partial charge is 0.480 e. The van der Waals surface area contributed by atoms with E-state index < -0.39 is 18.0 Å². The molecule has 6 heteroatoms. The van der Waals surface area contributed by atoms with Gasteiger partial charge in [-0.3, -0.25) is 0 Å². The van der Waals surface area contributed by atoms with Crippen molar-refractivity contribution in [1.29, 1.82) is 0 Å². The second kappa shape index (κ2) is 7.31. The Morgan fingerprint density at radius 2 is 1.81 bits per heavy atom. The number of carbonyl (C=O) groups excluding carboxylic acids is 1. The van der Waals surface area contributed by atoms with Gasteiger partial charge in [-0.1, -0.05) is 43.6 Å². The number of rotatable bonds is 5. The van der Waals surface area contributed by atoms with Gasteiger partial charge in [-0.15, -0.1) is 0 Å². The molecular weight excluding hydrogens is 292 g/mol. The van der Waals surface area contributed by atoms with E-state index in [9.17, 15) is 9.59 Å². The second-order valence-corrected chi connectivity index (χ2v) is 5.73. The van der Waals surface area contributed by atoms with Crippen molar-refractivity contribution >= 4 is 23.6 Å².